The summed E-state index contributed by atoms with van der Waals surface area (Å²) in [5.74, 6) is -0.270. The van der Waals surface area contributed by atoms with Crippen molar-refractivity contribution in [3.63, 3.8) is 0 Å². The van der Waals surface area contributed by atoms with E-state index in [0.29, 0.717) is 23.6 Å². The van der Waals surface area contributed by atoms with Crippen LogP contribution in [0.2, 0.25) is 0 Å². The van der Waals surface area contributed by atoms with Crippen LogP contribution < -0.4 is 5.32 Å². The van der Waals surface area contributed by atoms with Crippen LogP contribution >= 0.6 is 0 Å². The van der Waals surface area contributed by atoms with Crippen LogP contribution in [0.5, 0.6) is 0 Å². The topological polar surface area (TPSA) is 81.4 Å². The molecule has 0 spiro atoms. The van der Waals surface area contributed by atoms with Crippen LogP contribution in [-0.4, -0.2) is 23.6 Å². The van der Waals surface area contributed by atoms with E-state index in [0.717, 1.165) is 11.1 Å². The van der Waals surface area contributed by atoms with Crippen molar-refractivity contribution < 1.29 is 18.8 Å². The van der Waals surface area contributed by atoms with Gasteiger partial charge in [-0.2, -0.15) is 0 Å². The summed E-state index contributed by atoms with van der Waals surface area (Å²) in [6, 6.07) is 15.8. The Hall–Kier alpha value is -3.41. The Morgan fingerprint density at radius 3 is 2.42 bits per heavy atom. The maximum Gasteiger partial charge on any atom is 0.338 e. The Labute approximate surface area is 150 Å². The molecule has 2 aromatic carbocycles. The number of hydrogen-bond donors (Lipinski definition) is 1. The third-order valence-electron chi connectivity index (χ3n) is 3.73. The highest BCUT2D eigenvalue weighted by Crippen LogP contribution is 2.21. The Morgan fingerprint density at radius 2 is 1.77 bits per heavy atom. The first-order valence-electron chi connectivity index (χ1n) is 8.19. The number of benzene rings is 2. The number of ether oxygens (including phenoxy) is 1. The van der Waals surface area contributed by atoms with Gasteiger partial charge in [-0.3, -0.25) is 4.79 Å². The summed E-state index contributed by atoms with van der Waals surface area (Å²) in [6.07, 6.45) is 0. The van der Waals surface area contributed by atoms with Gasteiger partial charge in [-0.25, -0.2) is 4.79 Å². The highest BCUT2D eigenvalue weighted by atomic mass is 16.5. The number of carbonyl (C=O) groups is 2. The van der Waals surface area contributed by atoms with E-state index in [9.17, 15) is 9.59 Å². The van der Waals surface area contributed by atoms with Gasteiger partial charge < -0.3 is 14.6 Å². The summed E-state index contributed by atoms with van der Waals surface area (Å²) in [4.78, 5) is 23.9. The summed E-state index contributed by atoms with van der Waals surface area (Å²) in [6.45, 7) is 4.05. The lowest BCUT2D eigenvalue weighted by molar-refractivity contribution is 0.0526. The molecule has 0 aliphatic carbocycles. The van der Waals surface area contributed by atoms with Crippen LogP contribution in [0.4, 0.5) is 5.69 Å². The molecule has 6 nitrogen and oxygen atoms in total. The maximum atomic E-state index is 12.3. The normalized spacial score (nSPS) is 10.4. The molecule has 0 aliphatic rings. The standard InChI is InChI=1S/C20H18N2O4/c1-3-25-20(24)15-8-10-16(11-9-15)21-19(23)17-12-18(26-22-17)14-6-4-13(2)5-7-14/h4-12H,3H2,1-2H3,(H,21,23). The van der Waals surface area contributed by atoms with E-state index >= 15 is 0 Å². The number of aryl methyl sites for hydroxylation is 1. The predicted octanol–water partition coefficient (Wildman–Crippen LogP) is 4.08. The lowest BCUT2D eigenvalue weighted by atomic mass is 10.1. The minimum absolute atomic E-state index is 0.176. The van der Waals surface area contributed by atoms with Crippen molar-refractivity contribution in [2.75, 3.05) is 11.9 Å². The third-order valence-corrected chi connectivity index (χ3v) is 3.73. The summed E-state index contributed by atoms with van der Waals surface area (Å²) >= 11 is 0. The number of rotatable bonds is 5. The Balaban J connectivity index is 1.68. The zero-order valence-electron chi connectivity index (χ0n) is 14.5. The molecule has 3 rings (SSSR count). The van der Waals surface area contributed by atoms with E-state index in [-0.39, 0.29) is 5.69 Å². The van der Waals surface area contributed by atoms with E-state index in [4.69, 9.17) is 9.26 Å². The maximum absolute atomic E-state index is 12.3. The summed E-state index contributed by atoms with van der Waals surface area (Å²) in [7, 11) is 0. The lowest BCUT2D eigenvalue weighted by Crippen LogP contribution is -2.12. The molecule has 1 N–H and O–H groups in total. The number of hydrogen-bond acceptors (Lipinski definition) is 5. The molecule has 0 bridgehead atoms. The molecule has 0 saturated heterocycles. The van der Waals surface area contributed by atoms with Crippen molar-refractivity contribution in [1.82, 2.24) is 5.16 Å². The van der Waals surface area contributed by atoms with Gasteiger partial charge in [0.05, 0.1) is 12.2 Å². The molecule has 26 heavy (non-hydrogen) atoms. The van der Waals surface area contributed by atoms with Gasteiger partial charge in [-0.15, -0.1) is 0 Å². The first-order valence-corrected chi connectivity index (χ1v) is 8.19. The van der Waals surface area contributed by atoms with E-state index in [1.807, 2.05) is 31.2 Å². The van der Waals surface area contributed by atoms with Crippen molar-refractivity contribution in [3.05, 3.63) is 71.4 Å². The molecule has 0 saturated carbocycles. The molecule has 0 radical (unpaired) electrons. The van der Waals surface area contributed by atoms with Gasteiger partial charge in [-0.05, 0) is 38.1 Å². The zero-order chi connectivity index (χ0) is 18.5. The minimum Gasteiger partial charge on any atom is -0.462 e. The minimum atomic E-state index is -0.399. The van der Waals surface area contributed by atoms with Gasteiger partial charge in [0.15, 0.2) is 11.5 Å². The lowest BCUT2D eigenvalue weighted by Gasteiger charge is -2.05. The highest BCUT2D eigenvalue weighted by Gasteiger charge is 2.14. The second kappa shape index (κ2) is 7.65. The molecular formula is C20H18N2O4. The number of nitrogens with zero attached hydrogens (tertiary/aromatic N) is 1. The van der Waals surface area contributed by atoms with Crippen molar-refractivity contribution in [3.8, 4) is 11.3 Å². The molecule has 1 amide bonds. The monoisotopic (exact) mass is 350 g/mol. The highest BCUT2D eigenvalue weighted by molar-refractivity contribution is 6.03. The first kappa shape index (κ1) is 17.4. The van der Waals surface area contributed by atoms with Crippen molar-refractivity contribution in [2.45, 2.75) is 13.8 Å². The summed E-state index contributed by atoms with van der Waals surface area (Å²) < 4.78 is 10.2. The molecular weight excluding hydrogens is 332 g/mol. The van der Waals surface area contributed by atoms with Crippen LogP contribution in [0.1, 0.15) is 33.3 Å². The summed E-state index contributed by atoms with van der Waals surface area (Å²) in [5, 5.41) is 6.54. The second-order valence-corrected chi connectivity index (χ2v) is 5.69. The van der Waals surface area contributed by atoms with Crippen LogP contribution in [0.3, 0.4) is 0 Å². The van der Waals surface area contributed by atoms with Crippen LogP contribution in [0, 0.1) is 6.92 Å². The van der Waals surface area contributed by atoms with Crippen LogP contribution in [0.15, 0.2) is 59.1 Å². The van der Waals surface area contributed by atoms with Crippen LogP contribution in [-0.2, 0) is 4.74 Å². The summed E-state index contributed by atoms with van der Waals surface area (Å²) in [5.41, 5.74) is 3.13. The number of carbonyl (C=O) groups excluding carboxylic acids is 2. The molecule has 0 fully saturated rings. The Morgan fingerprint density at radius 1 is 1.08 bits per heavy atom. The number of anilines is 1. The van der Waals surface area contributed by atoms with Gasteiger partial charge in [0.25, 0.3) is 5.91 Å². The van der Waals surface area contributed by atoms with E-state index in [1.165, 1.54) is 0 Å². The van der Waals surface area contributed by atoms with E-state index in [1.54, 1.807) is 37.3 Å². The molecule has 0 aliphatic heterocycles. The molecule has 0 atom stereocenters. The smallest absolute Gasteiger partial charge is 0.338 e. The quantitative estimate of drug-likeness (QED) is 0.701. The van der Waals surface area contributed by atoms with Gasteiger partial charge >= 0.3 is 5.97 Å². The molecule has 132 valence electrons. The predicted molar refractivity (Wildman–Crippen MR) is 97.0 cm³/mol. The fraction of sp³-hybridized carbons (Fsp3) is 0.150. The fourth-order valence-corrected chi connectivity index (χ4v) is 2.34. The van der Waals surface area contributed by atoms with Crippen molar-refractivity contribution >= 4 is 17.6 Å². The average molecular weight is 350 g/mol. The Bertz CT molecular complexity index is 912. The average Bonchev–Trinajstić information content (AvgIpc) is 3.13. The van der Waals surface area contributed by atoms with Crippen molar-refractivity contribution in [1.29, 1.82) is 0 Å². The SMILES string of the molecule is CCOC(=O)c1ccc(NC(=O)c2cc(-c3ccc(C)cc3)on2)cc1. The number of nitrogens with one attached hydrogen (secondary N) is 1. The van der Waals surface area contributed by atoms with Gasteiger partial charge in [0.1, 0.15) is 0 Å². The number of aromatic nitrogens is 1. The molecule has 1 aromatic heterocycles. The van der Waals surface area contributed by atoms with Crippen molar-refractivity contribution in [2.24, 2.45) is 0 Å². The first-order chi connectivity index (χ1) is 12.6. The largest absolute Gasteiger partial charge is 0.462 e. The Kier molecular flexibility index (Phi) is 5.12. The molecule has 0 unspecified atom stereocenters. The third kappa shape index (κ3) is 3.97. The fourth-order valence-electron chi connectivity index (χ4n) is 2.34. The van der Waals surface area contributed by atoms with Gasteiger partial charge in [-0.1, -0.05) is 35.0 Å². The molecule has 1 heterocycles. The van der Waals surface area contributed by atoms with E-state index < -0.39 is 11.9 Å². The number of amides is 1. The molecule has 6 heteroatoms. The zero-order valence-corrected chi connectivity index (χ0v) is 14.5. The number of esters is 1. The van der Waals surface area contributed by atoms with E-state index in [2.05, 4.69) is 10.5 Å². The molecule has 3 aromatic rings. The second-order valence-electron chi connectivity index (χ2n) is 5.69. The van der Waals surface area contributed by atoms with Gasteiger partial charge in [0.2, 0.25) is 0 Å². The van der Waals surface area contributed by atoms with Gasteiger partial charge in [0, 0.05) is 17.3 Å². The van der Waals surface area contributed by atoms with Crippen LogP contribution in [0.25, 0.3) is 11.3 Å².